The van der Waals surface area contributed by atoms with E-state index < -0.39 is 48.0 Å². The normalized spacial score (nSPS) is 19.5. The summed E-state index contributed by atoms with van der Waals surface area (Å²) >= 11 is 5.97. The molecule has 1 fully saturated rings. The van der Waals surface area contributed by atoms with Crippen LogP contribution in [0.4, 0.5) is 32.0 Å². The number of carbonyl (C=O) groups excluding carboxylic acids is 3. The van der Waals surface area contributed by atoms with Gasteiger partial charge >= 0.3 is 18.3 Å². The van der Waals surface area contributed by atoms with Crippen LogP contribution in [0, 0.1) is 0 Å². The Kier molecular flexibility index (Phi) is 7.62. The zero-order chi connectivity index (χ0) is 30.4. The van der Waals surface area contributed by atoms with Crippen LogP contribution in [0.2, 0.25) is 5.02 Å². The highest BCUT2D eigenvalue weighted by molar-refractivity contribution is 6.30. The van der Waals surface area contributed by atoms with Gasteiger partial charge in [-0.05, 0) is 47.0 Å². The van der Waals surface area contributed by atoms with E-state index >= 15 is 0 Å². The Balaban J connectivity index is 1.51. The molecule has 0 bridgehead atoms. The molecule has 8 nitrogen and oxygen atoms in total. The Morgan fingerprint density at radius 2 is 1.74 bits per heavy atom. The largest absolute Gasteiger partial charge is 0.490 e. The van der Waals surface area contributed by atoms with Gasteiger partial charge in [0.05, 0.1) is 21.8 Å². The second kappa shape index (κ2) is 10.9. The van der Waals surface area contributed by atoms with Gasteiger partial charge in [0.1, 0.15) is 0 Å². The van der Waals surface area contributed by atoms with Gasteiger partial charge in [0.15, 0.2) is 12.3 Å². The van der Waals surface area contributed by atoms with Crippen LogP contribution in [0.5, 0.6) is 0 Å². The van der Waals surface area contributed by atoms with E-state index in [1.807, 2.05) is 0 Å². The number of nitrogens with zero attached hydrogens (tertiary/aromatic N) is 3. The number of nitrogens with one attached hydrogen (secondary N) is 1. The van der Waals surface area contributed by atoms with Crippen molar-refractivity contribution >= 4 is 35.1 Å². The highest BCUT2D eigenvalue weighted by atomic mass is 35.5. The molecule has 3 heterocycles. The van der Waals surface area contributed by atoms with E-state index in [4.69, 9.17) is 16.3 Å². The smallest absolute Gasteiger partial charge is 0.437 e. The van der Waals surface area contributed by atoms with Gasteiger partial charge < -0.3 is 15.0 Å². The number of alkyl halides is 6. The highest BCUT2D eigenvalue weighted by Gasteiger charge is 2.51. The van der Waals surface area contributed by atoms with Crippen molar-refractivity contribution in [3.8, 4) is 11.1 Å². The van der Waals surface area contributed by atoms with E-state index in [0.29, 0.717) is 5.56 Å². The fraction of sp³-hybridized carbons (Fsp3) is 0.259. The standard InChI is InChI=1S/C27H19ClF6N4O4/c28-18-8-14(11-35-12-18)13-37-6-7-38-21(24(37)42-25(41)27(32,33)34)22(39)36-20-5-4-16(10-19(20)23(38)40)15-2-1-3-17(9-15)26(29,30)31/h1-5,8-12,21,24H,6-7,13H2,(H,36,39). The molecular formula is C27H19ClF6N4O4. The summed E-state index contributed by atoms with van der Waals surface area (Å²) < 4.78 is 84.3. The monoisotopic (exact) mass is 612 g/mol. The minimum atomic E-state index is -5.39. The van der Waals surface area contributed by atoms with Crippen molar-refractivity contribution in [1.29, 1.82) is 0 Å². The molecule has 220 valence electrons. The molecule has 2 aliphatic heterocycles. The number of piperazine rings is 1. The molecular weight excluding hydrogens is 594 g/mol. The first kappa shape index (κ1) is 29.3. The lowest BCUT2D eigenvalue weighted by molar-refractivity contribution is -0.220. The summed E-state index contributed by atoms with van der Waals surface area (Å²) in [6.07, 6.45) is -9.12. The van der Waals surface area contributed by atoms with Crippen LogP contribution in [-0.2, 0) is 27.0 Å². The molecule has 3 aromatic rings. The van der Waals surface area contributed by atoms with E-state index in [0.717, 1.165) is 17.0 Å². The maximum absolute atomic E-state index is 13.7. The molecule has 2 amide bonds. The van der Waals surface area contributed by atoms with Crippen molar-refractivity contribution in [3.63, 3.8) is 0 Å². The van der Waals surface area contributed by atoms with Crippen molar-refractivity contribution in [2.24, 2.45) is 0 Å². The Morgan fingerprint density at radius 3 is 2.43 bits per heavy atom. The molecule has 0 saturated carbocycles. The fourth-order valence-corrected chi connectivity index (χ4v) is 5.06. The van der Waals surface area contributed by atoms with Gasteiger partial charge in [-0.3, -0.25) is 19.5 Å². The first-order chi connectivity index (χ1) is 19.7. The van der Waals surface area contributed by atoms with Crippen molar-refractivity contribution in [2.45, 2.75) is 31.2 Å². The van der Waals surface area contributed by atoms with Crippen LogP contribution >= 0.6 is 11.6 Å². The number of pyridine rings is 1. The SMILES string of the molecule is O=C1Nc2ccc(-c3cccc(C(F)(F)F)c3)cc2C(=O)N2CCN(Cc3cncc(Cl)c3)C(OC(=O)C(F)(F)F)C12. The molecule has 0 spiro atoms. The van der Waals surface area contributed by atoms with E-state index in [-0.39, 0.29) is 47.0 Å². The lowest BCUT2D eigenvalue weighted by Crippen LogP contribution is -2.65. The Hall–Kier alpha value is -4.17. The molecule has 5 rings (SSSR count). The summed E-state index contributed by atoms with van der Waals surface area (Å²) in [4.78, 5) is 45.2. The van der Waals surface area contributed by atoms with Crippen LogP contribution in [0.3, 0.4) is 0 Å². The Bertz CT molecular complexity index is 1560. The number of anilines is 1. The van der Waals surface area contributed by atoms with E-state index in [1.165, 1.54) is 53.7 Å². The van der Waals surface area contributed by atoms with Crippen LogP contribution in [-0.4, -0.2) is 64.1 Å². The molecule has 1 N–H and O–H groups in total. The number of hydrogen-bond donors (Lipinski definition) is 1. The number of rotatable bonds is 4. The number of esters is 1. The highest BCUT2D eigenvalue weighted by Crippen LogP contribution is 2.36. The zero-order valence-corrected chi connectivity index (χ0v) is 21.9. The average molecular weight is 613 g/mol. The molecule has 0 aliphatic carbocycles. The van der Waals surface area contributed by atoms with Gasteiger partial charge in [-0.25, -0.2) is 4.79 Å². The van der Waals surface area contributed by atoms with Crippen LogP contribution in [0.1, 0.15) is 21.5 Å². The van der Waals surface area contributed by atoms with Crippen molar-refractivity contribution in [1.82, 2.24) is 14.8 Å². The number of aromatic nitrogens is 1. The van der Waals surface area contributed by atoms with Crippen LogP contribution < -0.4 is 5.32 Å². The first-order valence-electron chi connectivity index (χ1n) is 12.3. The molecule has 2 aliphatic rings. The number of fused-ring (bicyclic) bond motifs is 2. The van der Waals surface area contributed by atoms with Gasteiger partial charge in [0.25, 0.3) is 11.8 Å². The summed E-state index contributed by atoms with van der Waals surface area (Å²) in [7, 11) is 0. The molecule has 2 unspecified atom stereocenters. The van der Waals surface area contributed by atoms with Crippen LogP contribution in [0.15, 0.2) is 60.9 Å². The molecule has 1 aromatic heterocycles. The van der Waals surface area contributed by atoms with Crippen LogP contribution in [0.25, 0.3) is 11.1 Å². The summed E-state index contributed by atoms with van der Waals surface area (Å²) in [5.74, 6) is -4.28. The third-order valence-corrected chi connectivity index (χ3v) is 6.97. The zero-order valence-electron chi connectivity index (χ0n) is 21.2. The van der Waals surface area contributed by atoms with Gasteiger partial charge in [-0.1, -0.05) is 29.8 Å². The number of halogens is 7. The lowest BCUT2D eigenvalue weighted by Gasteiger charge is -2.44. The second-order valence-electron chi connectivity index (χ2n) is 9.55. The maximum Gasteiger partial charge on any atom is 0.490 e. The number of ether oxygens (including phenoxy) is 1. The molecule has 15 heteroatoms. The number of benzene rings is 2. The summed E-state index contributed by atoms with van der Waals surface area (Å²) in [6.45, 7) is -0.388. The Morgan fingerprint density at radius 1 is 1.00 bits per heavy atom. The predicted molar refractivity (Wildman–Crippen MR) is 136 cm³/mol. The minimum Gasteiger partial charge on any atom is -0.437 e. The third kappa shape index (κ3) is 5.90. The average Bonchev–Trinajstić information content (AvgIpc) is 3.02. The van der Waals surface area contributed by atoms with E-state index in [2.05, 4.69) is 10.3 Å². The molecule has 0 radical (unpaired) electrons. The van der Waals surface area contributed by atoms with Crippen molar-refractivity contribution in [3.05, 3.63) is 82.6 Å². The topological polar surface area (TPSA) is 91.8 Å². The first-order valence-corrected chi connectivity index (χ1v) is 12.6. The maximum atomic E-state index is 13.7. The predicted octanol–water partition coefficient (Wildman–Crippen LogP) is 5.13. The van der Waals surface area contributed by atoms with E-state index in [9.17, 15) is 40.7 Å². The van der Waals surface area contributed by atoms with E-state index in [1.54, 1.807) is 0 Å². The lowest BCUT2D eigenvalue weighted by atomic mass is 9.99. The minimum absolute atomic E-state index is 0.0124. The molecule has 42 heavy (non-hydrogen) atoms. The van der Waals surface area contributed by atoms with Gasteiger partial charge in [-0.15, -0.1) is 0 Å². The summed E-state index contributed by atoms with van der Waals surface area (Å²) in [6, 6.07) is 8.20. The summed E-state index contributed by atoms with van der Waals surface area (Å²) in [5.41, 5.74) is -0.207. The molecule has 2 atom stereocenters. The molecule has 2 aromatic carbocycles. The summed E-state index contributed by atoms with van der Waals surface area (Å²) in [5, 5.41) is 2.73. The fourth-order valence-electron chi connectivity index (χ4n) is 4.86. The number of amides is 2. The van der Waals surface area contributed by atoms with Crippen molar-refractivity contribution < 1.29 is 45.5 Å². The molecule has 1 saturated heterocycles. The third-order valence-electron chi connectivity index (χ3n) is 6.76. The van der Waals surface area contributed by atoms with Crippen molar-refractivity contribution in [2.75, 3.05) is 18.4 Å². The number of carbonyl (C=O) groups is 3. The number of hydrogen-bond acceptors (Lipinski definition) is 6. The van der Waals surface area contributed by atoms with Gasteiger partial charge in [0, 0.05) is 32.0 Å². The second-order valence-corrected chi connectivity index (χ2v) is 9.98. The van der Waals surface area contributed by atoms with Gasteiger partial charge in [-0.2, -0.15) is 26.3 Å². The van der Waals surface area contributed by atoms with Gasteiger partial charge in [0.2, 0.25) is 0 Å². The quantitative estimate of drug-likeness (QED) is 0.325. The Labute approximate surface area is 238 Å².